The van der Waals surface area contributed by atoms with Crippen LogP contribution in [-0.2, 0) is 14.3 Å². The maximum Gasteiger partial charge on any atom is 0.322 e. The Balaban J connectivity index is 2.45. The van der Waals surface area contributed by atoms with Crippen LogP contribution in [0.25, 0.3) is 0 Å². The van der Waals surface area contributed by atoms with Gasteiger partial charge < -0.3 is 15.8 Å². The lowest BCUT2D eigenvalue weighted by Gasteiger charge is -2.32. The molecule has 1 aliphatic carbocycles. The highest BCUT2D eigenvalue weighted by molar-refractivity contribution is 5.88. The number of allylic oxidation sites excluding steroid dienone is 9. The molecule has 0 aromatic carbocycles. The number of carbonyl (C=O) groups is 2. The van der Waals surface area contributed by atoms with Crippen LogP contribution in [0.5, 0.6) is 0 Å². The molecule has 0 saturated heterocycles. The average Bonchev–Trinajstić information content (AvgIpc) is 2.71. The number of unbranched alkanes of at least 4 members (excludes halogenated alkanes) is 1. The summed E-state index contributed by atoms with van der Waals surface area (Å²) in [4.78, 5) is 23.3. The van der Waals surface area contributed by atoms with E-state index in [1.165, 1.54) is 43.1 Å². The number of carbonyl (C=O) groups excluding carboxylic acids is 2. The van der Waals surface area contributed by atoms with Gasteiger partial charge in [0.15, 0.2) is 0 Å². The number of nitrogens with one attached hydrogen (secondary N) is 1. The smallest absolute Gasteiger partial charge is 0.322 e. The zero-order chi connectivity index (χ0) is 24.1. The number of esters is 1. The van der Waals surface area contributed by atoms with Crippen molar-refractivity contribution in [2.45, 2.75) is 79.2 Å². The molecule has 1 atom stereocenters. The van der Waals surface area contributed by atoms with Gasteiger partial charge in [0, 0.05) is 12.6 Å². The molecule has 1 rings (SSSR count). The van der Waals surface area contributed by atoms with Crippen LogP contribution in [0.2, 0.25) is 0 Å². The van der Waals surface area contributed by atoms with E-state index >= 15 is 0 Å². The summed E-state index contributed by atoms with van der Waals surface area (Å²) in [7, 11) is 1.33. The highest BCUT2D eigenvalue weighted by Gasteiger charge is 2.26. The second-order valence-electron chi connectivity index (χ2n) is 9.34. The molecule has 0 aromatic heterocycles. The Hall–Kier alpha value is -2.40. The van der Waals surface area contributed by atoms with E-state index in [1.807, 2.05) is 19.1 Å². The highest BCUT2D eigenvalue weighted by atomic mass is 16.5. The molecule has 5 heteroatoms. The molecule has 178 valence electrons. The Morgan fingerprint density at radius 2 is 1.91 bits per heavy atom. The first kappa shape index (κ1) is 27.6. The van der Waals surface area contributed by atoms with Gasteiger partial charge in [0.1, 0.15) is 6.04 Å². The van der Waals surface area contributed by atoms with Gasteiger partial charge in [-0.2, -0.15) is 0 Å². The first-order valence-electron chi connectivity index (χ1n) is 11.6. The molecule has 0 heterocycles. The molecule has 0 unspecified atom stereocenters. The van der Waals surface area contributed by atoms with Crippen molar-refractivity contribution in [3.8, 4) is 0 Å². The van der Waals surface area contributed by atoms with Crippen LogP contribution in [-0.4, -0.2) is 31.6 Å². The highest BCUT2D eigenvalue weighted by Crippen LogP contribution is 2.40. The number of amides is 1. The van der Waals surface area contributed by atoms with Gasteiger partial charge in [-0.3, -0.25) is 9.59 Å². The molecule has 5 nitrogen and oxygen atoms in total. The third kappa shape index (κ3) is 10.3. The minimum Gasteiger partial charge on any atom is -0.468 e. The first-order chi connectivity index (χ1) is 15.1. The van der Waals surface area contributed by atoms with Crippen LogP contribution in [0.1, 0.15) is 73.1 Å². The van der Waals surface area contributed by atoms with E-state index < -0.39 is 12.0 Å². The van der Waals surface area contributed by atoms with E-state index in [0.29, 0.717) is 13.0 Å². The third-order valence-corrected chi connectivity index (χ3v) is 5.88. The van der Waals surface area contributed by atoms with Gasteiger partial charge >= 0.3 is 5.97 Å². The third-order valence-electron chi connectivity index (χ3n) is 5.88. The van der Waals surface area contributed by atoms with Gasteiger partial charge in [-0.05, 0) is 75.9 Å². The fraction of sp³-hybridized carbons (Fsp3) is 0.556. The van der Waals surface area contributed by atoms with Crippen LogP contribution in [0.4, 0.5) is 0 Å². The van der Waals surface area contributed by atoms with Gasteiger partial charge in [-0.25, -0.2) is 0 Å². The van der Waals surface area contributed by atoms with Crippen molar-refractivity contribution in [2.75, 3.05) is 13.7 Å². The number of nitrogens with two attached hydrogens (primary N) is 1. The molecule has 0 radical (unpaired) electrons. The maximum absolute atomic E-state index is 12.0. The van der Waals surface area contributed by atoms with Crippen molar-refractivity contribution in [3.05, 3.63) is 58.7 Å². The standard InChI is InChI=1S/C27H42N2O3/c1-20(15-16-23-22(3)13-10-17-27(23,4)5)11-9-12-21(2)19-25(30)29-18-8-7-14-24(28)26(31)32-6/h9,11-12,15-16,19,24H,7-8,10,13-14,17-18,28H2,1-6H3,(H,29,30)/b12-9+,16-15+,20-11+,21-19+/t24-/m0/s1. The summed E-state index contributed by atoms with van der Waals surface area (Å²) in [5, 5.41) is 2.86. The van der Waals surface area contributed by atoms with Crippen LogP contribution in [0.15, 0.2) is 58.7 Å². The lowest BCUT2D eigenvalue weighted by molar-refractivity contribution is -0.142. The Morgan fingerprint density at radius 1 is 1.19 bits per heavy atom. The van der Waals surface area contributed by atoms with Crippen molar-refractivity contribution in [3.63, 3.8) is 0 Å². The summed E-state index contributed by atoms with van der Waals surface area (Å²) < 4.78 is 4.59. The molecule has 0 aromatic rings. The molecule has 3 N–H and O–H groups in total. The molecular formula is C27H42N2O3. The van der Waals surface area contributed by atoms with E-state index in [-0.39, 0.29) is 11.3 Å². The van der Waals surface area contributed by atoms with E-state index in [9.17, 15) is 9.59 Å². The summed E-state index contributed by atoms with van der Waals surface area (Å²) in [6, 6.07) is -0.593. The SMILES string of the molecule is COC(=O)[C@@H](N)CCCCNC(=O)/C=C(C)/C=C/C=C(C)/C=C/C1=C(C)CCCC1(C)C. The molecule has 0 bridgehead atoms. The summed E-state index contributed by atoms with van der Waals surface area (Å²) in [6.45, 7) is 11.4. The van der Waals surface area contributed by atoms with Gasteiger partial charge in [0.2, 0.25) is 5.91 Å². The van der Waals surface area contributed by atoms with Crippen LogP contribution < -0.4 is 11.1 Å². The van der Waals surface area contributed by atoms with Crippen molar-refractivity contribution in [1.29, 1.82) is 0 Å². The van der Waals surface area contributed by atoms with E-state index in [1.54, 1.807) is 6.08 Å². The number of hydrogen-bond donors (Lipinski definition) is 2. The van der Waals surface area contributed by atoms with Crippen LogP contribution in [0.3, 0.4) is 0 Å². The van der Waals surface area contributed by atoms with Crippen molar-refractivity contribution in [2.24, 2.45) is 11.1 Å². The lowest BCUT2D eigenvalue weighted by atomic mass is 9.72. The summed E-state index contributed by atoms with van der Waals surface area (Å²) in [6.07, 6.45) is 17.8. The monoisotopic (exact) mass is 442 g/mol. The summed E-state index contributed by atoms with van der Waals surface area (Å²) >= 11 is 0. The second kappa shape index (κ2) is 13.9. The second-order valence-corrected chi connectivity index (χ2v) is 9.34. The van der Waals surface area contributed by atoms with Crippen LogP contribution in [0, 0.1) is 5.41 Å². The maximum atomic E-state index is 12.0. The zero-order valence-corrected chi connectivity index (χ0v) is 20.8. The van der Waals surface area contributed by atoms with Crippen LogP contribution >= 0.6 is 0 Å². The number of rotatable bonds is 11. The molecule has 0 fully saturated rings. The van der Waals surface area contributed by atoms with E-state index in [0.717, 1.165) is 18.4 Å². The predicted octanol–water partition coefficient (Wildman–Crippen LogP) is 5.30. The van der Waals surface area contributed by atoms with Gasteiger partial charge in [0.25, 0.3) is 0 Å². The number of ether oxygens (including phenoxy) is 1. The number of hydrogen-bond acceptors (Lipinski definition) is 4. The van der Waals surface area contributed by atoms with Crippen molar-refractivity contribution >= 4 is 11.9 Å². The van der Waals surface area contributed by atoms with Crippen molar-refractivity contribution < 1.29 is 14.3 Å². The quantitative estimate of drug-likeness (QED) is 0.197. The average molecular weight is 443 g/mol. The normalized spacial score (nSPS) is 18.3. The Morgan fingerprint density at radius 3 is 2.56 bits per heavy atom. The fourth-order valence-corrected chi connectivity index (χ4v) is 3.91. The molecule has 0 spiro atoms. The topological polar surface area (TPSA) is 81.4 Å². The summed E-state index contributed by atoms with van der Waals surface area (Å²) in [5.74, 6) is -0.517. The Bertz CT molecular complexity index is 798. The Labute approximate surface area is 194 Å². The molecule has 1 amide bonds. The van der Waals surface area contributed by atoms with Gasteiger partial charge in [0.05, 0.1) is 7.11 Å². The minimum atomic E-state index is -0.593. The van der Waals surface area contributed by atoms with Crippen molar-refractivity contribution in [1.82, 2.24) is 5.32 Å². The van der Waals surface area contributed by atoms with E-state index in [2.05, 4.69) is 56.0 Å². The van der Waals surface area contributed by atoms with Gasteiger partial charge in [-0.15, -0.1) is 0 Å². The van der Waals surface area contributed by atoms with E-state index in [4.69, 9.17) is 5.73 Å². The first-order valence-corrected chi connectivity index (χ1v) is 11.6. The Kier molecular flexibility index (Phi) is 12.0. The molecule has 0 saturated carbocycles. The number of methoxy groups -OCH3 is 1. The summed E-state index contributed by atoms with van der Waals surface area (Å²) in [5.41, 5.74) is 10.9. The molecule has 0 aliphatic heterocycles. The molecular weight excluding hydrogens is 400 g/mol. The molecule has 1 aliphatic rings. The predicted molar refractivity (Wildman–Crippen MR) is 133 cm³/mol. The fourth-order valence-electron chi connectivity index (χ4n) is 3.91. The van der Waals surface area contributed by atoms with Gasteiger partial charge in [-0.1, -0.05) is 55.4 Å². The lowest BCUT2D eigenvalue weighted by Crippen LogP contribution is -2.31. The minimum absolute atomic E-state index is 0.119. The zero-order valence-electron chi connectivity index (χ0n) is 20.8. The largest absolute Gasteiger partial charge is 0.468 e. The molecule has 32 heavy (non-hydrogen) atoms.